The van der Waals surface area contributed by atoms with Crippen LogP contribution in [0.3, 0.4) is 0 Å². The Balaban J connectivity index is 1.68. The van der Waals surface area contributed by atoms with Gasteiger partial charge in [0, 0.05) is 37.6 Å². The van der Waals surface area contributed by atoms with Crippen molar-refractivity contribution in [3.8, 4) is 17.5 Å². The number of nitriles is 1. The van der Waals surface area contributed by atoms with E-state index in [-0.39, 0.29) is 11.9 Å². The molecule has 1 atom stereocenters. The van der Waals surface area contributed by atoms with Crippen LogP contribution in [0, 0.1) is 11.5 Å². The van der Waals surface area contributed by atoms with Gasteiger partial charge in [0.05, 0.1) is 5.69 Å². The lowest BCUT2D eigenvalue weighted by molar-refractivity contribution is -0.121. The van der Waals surface area contributed by atoms with Gasteiger partial charge in [-0.15, -0.1) is 0 Å². The predicted octanol–water partition coefficient (Wildman–Crippen LogP) is 2.02. The number of rotatable bonds is 3. The molecule has 1 aromatic carbocycles. The van der Waals surface area contributed by atoms with Crippen LogP contribution in [-0.2, 0) is 11.2 Å². The van der Waals surface area contributed by atoms with Gasteiger partial charge in [-0.1, -0.05) is 12.1 Å². The van der Waals surface area contributed by atoms with Gasteiger partial charge >= 0.3 is 0 Å². The van der Waals surface area contributed by atoms with Crippen molar-refractivity contribution in [2.24, 2.45) is 0 Å². The van der Waals surface area contributed by atoms with Crippen LogP contribution in [0.15, 0.2) is 30.5 Å². The number of nitrogens with zero attached hydrogens (tertiary/aromatic N) is 5. The summed E-state index contributed by atoms with van der Waals surface area (Å²) in [5.74, 6) is 0.597. The first-order valence-corrected chi connectivity index (χ1v) is 8.83. The molecule has 0 radical (unpaired) electrons. The van der Waals surface area contributed by atoms with Gasteiger partial charge in [0.2, 0.25) is 11.9 Å². The number of fused-ring (bicyclic) bond motifs is 1. The third-order valence-corrected chi connectivity index (χ3v) is 5.11. The number of amides is 1. The number of anilines is 2. The minimum absolute atomic E-state index is 0.0264. The van der Waals surface area contributed by atoms with E-state index in [4.69, 9.17) is 0 Å². The molecule has 2 aromatic rings. The van der Waals surface area contributed by atoms with E-state index in [1.54, 1.807) is 18.1 Å². The fourth-order valence-corrected chi connectivity index (χ4v) is 3.86. The Morgan fingerprint density at radius 1 is 1.35 bits per heavy atom. The molecule has 1 amide bonds. The number of benzene rings is 1. The van der Waals surface area contributed by atoms with Crippen molar-refractivity contribution in [2.75, 3.05) is 30.4 Å². The van der Waals surface area contributed by atoms with E-state index >= 15 is 0 Å². The van der Waals surface area contributed by atoms with Crippen molar-refractivity contribution in [3.63, 3.8) is 0 Å². The molecule has 7 heteroatoms. The van der Waals surface area contributed by atoms with Crippen LogP contribution in [0.1, 0.15) is 18.4 Å². The van der Waals surface area contributed by atoms with E-state index in [0.29, 0.717) is 19.0 Å². The number of aromatic nitrogens is 2. The lowest BCUT2D eigenvalue weighted by Gasteiger charge is -2.25. The van der Waals surface area contributed by atoms with Crippen LogP contribution < -0.4 is 10.2 Å². The molecule has 2 aliphatic heterocycles. The van der Waals surface area contributed by atoms with Crippen molar-refractivity contribution in [2.45, 2.75) is 25.3 Å². The van der Waals surface area contributed by atoms with Gasteiger partial charge in [-0.25, -0.2) is 9.97 Å². The van der Waals surface area contributed by atoms with E-state index < -0.39 is 0 Å². The van der Waals surface area contributed by atoms with E-state index in [0.717, 1.165) is 41.8 Å². The second kappa shape index (κ2) is 6.64. The minimum Gasteiger partial charge on any atom is -0.357 e. The molecule has 132 valence electrons. The first-order valence-electron chi connectivity index (χ1n) is 8.83. The molecule has 1 fully saturated rings. The van der Waals surface area contributed by atoms with Gasteiger partial charge in [0.15, 0.2) is 6.19 Å². The van der Waals surface area contributed by atoms with Gasteiger partial charge in [-0.05, 0) is 37.0 Å². The van der Waals surface area contributed by atoms with Crippen LogP contribution in [-0.4, -0.2) is 47.0 Å². The summed E-state index contributed by atoms with van der Waals surface area (Å²) < 4.78 is 0. The maximum atomic E-state index is 13.0. The molecule has 1 saturated heterocycles. The highest BCUT2D eigenvalue weighted by Gasteiger charge is 2.36. The number of hydrogen-bond donors (Lipinski definition) is 1. The van der Waals surface area contributed by atoms with E-state index in [2.05, 4.69) is 21.5 Å². The summed E-state index contributed by atoms with van der Waals surface area (Å²) in [6.07, 6.45) is 6.30. The number of carbonyl (C=O) groups is 1. The Labute approximate surface area is 152 Å². The van der Waals surface area contributed by atoms with Gasteiger partial charge < -0.3 is 10.2 Å². The van der Waals surface area contributed by atoms with Crippen molar-refractivity contribution >= 4 is 17.5 Å². The van der Waals surface area contributed by atoms with Crippen molar-refractivity contribution in [3.05, 3.63) is 36.0 Å². The average molecular weight is 348 g/mol. The van der Waals surface area contributed by atoms with Crippen molar-refractivity contribution in [1.29, 1.82) is 5.26 Å². The number of likely N-dealkylation sites (tertiary alicyclic amines) is 1. The lowest BCUT2D eigenvalue weighted by atomic mass is 10.0. The summed E-state index contributed by atoms with van der Waals surface area (Å²) in [6, 6.07) is 7.53. The van der Waals surface area contributed by atoms with Crippen LogP contribution in [0.25, 0.3) is 11.3 Å². The second-order valence-electron chi connectivity index (χ2n) is 6.51. The molecule has 3 heterocycles. The maximum Gasteiger partial charge on any atom is 0.250 e. The molecule has 26 heavy (non-hydrogen) atoms. The average Bonchev–Trinajstić information content (AvgIpc) is 3.34. The Morgan fingerprint density at radius 2 is 2.23 bits per heavy atom. The number of carbonyl (C=O) groups excluding carboxylic acids is 1. The summed E-state index contributed by atoms with van der Waals surface area (Å²) in [5, 5.41) is 12.2. The highest BCUT2D eigenvalue weighted by Crippen LogP contribution is 2.36. The molecular weight excluding hydrogens is 328 g/mol. The topological polar surface area (TPSA) is 85.2 Å². The molecule has 7 nitrogen and oxygen atoms in total. The zero-order chi connectivity index (χ0) is 18.1. The molecule has 0 aliphatic carbocycles. The summed E-state index contributed by atoms with van der Waals surface area (Å²) >= 11 is 0. The fourth-order valence-electron chi connectivity index (χ4n) is 3.86. The first-order chi connectivity index (χ1) is 12.7. The molecule has 4 rings (SSSR count). The van der Waals surface area contributed by atoms with E-state index in [1.165, 1.54) is 0 Å². The van der Waals surface area contributed by atoms with E-state index in [9.17, 15) is 10.1 Å². The molecule has 0 saturated carbocycles. The molecule has 1 N–H and O–H groups in total. The normalized spacial score (nSPS) is 18.5. The highest BCUT2D eigenvalue weighted by molar-refractivity contribution is 6.00. The van der Waals surface area contributed by atoms with Crippen molar-refractivity contribution < 1.29 is 4.79 Å². The molecule has 0 spiro atoms. The zero-order valence-electron chi connectivity index (χ0n) is 14.6. The van der Waals surface area contributed by atoms with Crippen LogP contribution in [0.4, 0.5) is 11.6 Å². The third kappa shape index (κ3) is 2.64. The smallest absolute Gasteiger partial charge is 0.250 e. The molecule has 1 aromatic heterocycles. The van der Waals surface area contributed by atoms with E-state index in [1.807, 2.05) is 29.2 Å². The number of hydrogen-bond acceptors (Lipinski definition) is 6. The van der Waals surface area contributed by atoms with Crippen LogP contribution >= 0.6 is 0 Å². The fraction of sp³-hybridized carbons (Fsp3) is 0.368. The standard InChI is InChI=1S/C19H20N6O/c1-21-19-22-9-7-15(23-19)13-4-2-5-16-14(13)8-11-25(16)18(26)17-6-3-10-24(17)12-20/h2,4-5,7,9,17H,3,6,8,10-11H2,1H3,(H,21,22,23). The molecule has 0 bridgehead atoms. The van der Waals surface area contributed by atoms with Crippen LogP contribution in [0.5, 0.6) is 0 Å². The summed E-state index contributed by atoms with van der Waals surface area (Å²) in [6.45, 7) is 1.31. The van der Waals surface area contributed by atoms with Gasteiger partial charge in [0.1, 0.15) is 6.04 Å². The predicted molar refractivity (Wildman–Crippen MR) is 98.4 cm³/mol. The van der Waals surface area contributed by atoms with Crippen LogP contribution in [0.2, 0.25) is 0 Å². The summed E-state index contributed by atoms with van der Waals surface area (Å²) in [4.78, 5) is 25.2. The van der Waals surface area contributed by atoms with Crippen molar-refractivity contribution in [1.82, 2.24) is 14.9 Å². The Bertz CT molecular complexity index is 890. The Morgan fingerprint density at radius 3 is 3.04 bits per heavy atom. The molecule has 2 aliphatic rings. The van der Waals surface area contributed by atoms with Gasteiger partial charge in [-0.3, -0.25) is 9.69 Å². The summed E-state index contributed by atoms with van der Waals surface area (Å²) in [5.41, 5.74) is 3.93. The zero-order valence-corrected chi connectivity index (χ0v) is 14.6. The molecule has 1 unspecified atom stereocenters. The quantitative estimate of drug-likeness (QED) is 0.854. The maximum absolute atomic E-state index is 13.0. The largest absolute Gasteiger partial charge is 0.357 e. The lowest BCUT2D eigenvalue weighted by Crippen LogP contribution is -2.43. The monoisotopic (exact) mass is 348 g/mol. The third-order valence-electron chi connectivity index (χ3n) is 5.11. The van der Waals surface area contributed by atoms with Gasteiger partial charge in [-0.2, -0.15) is 5.26 Å². The number of nitrogens with one attached hydrogen (secondary N) is 1. The Kier molecular flexibility index (Phi) is 4.17. The Hall–Kier alpha value is -3.14. The highest BCUT2D eigenvalue weighted by atomic mass is 16.2. The SMILES string of the molecule is CNc1nccc(-c2cccc3c2CCN3C(=O)C2CCCN2C#N)n1. The van der Waals surface area contributed by atoms with Gasteiger partial charge in [0.25, 0.3) is 0 Å². The first kappa shape index (κ1) is 16.3. The molecular formula is C19H20N6O. The second-order valence-corrected chi connectivity index (χ2v) is 6.51. The summed E-state index contributed by atoms with van der Waals surface area (Å²) in [7, 11) is 1.79. The minimum atomic E-state index is -0.329.